The quantitative estimate of drug-likeness (QED) is 0.423. The van der Waals surface area contributed by atoms with Crippen LogP contribution < -0.4 is 5.32 Å². The number of halogens is 2. The van der Waals surface area contributed by atoms with Crippen LogP contribution in [0.15, 0.2) is 48.0 Å². The van der Waals surface area contributed by atoms with Gasteiger partial charge in [0.05, 0.1) is 16.3 Å². The number of hydrogen-bond donors (Lipinski definition) is 2. The van der Waals surface area contributed by atoms with E-state index in [4.69, 9.17) is 11.6 Å². The van der Waals surface area contributed by atoms with E-state index in [-0.39, 0.29) is 11.4 Å². The minimum atomic E-state index is -1.10. The Morgan fingerprint density at radius 2 is 2.03 bits per heavy atom. The summed E-state index contributed by atoms with van der Waals surface area (Å²) in [6.07, 6.45) is 1.68. The van der Waals surface area contributed by atoms with E-state index in [1.807, 2.05) is 11.4 Å². The third-order valence-electron chi connectivity index (χ3n) is 4.56. The van der Waals surface area contributed by atoms with Crippen molar-refractivity contribution in [3.63, 3.8) is 0 Å². The molecule has 0 radical (unpaired) electrons. The lowest BCUT2D eigenvalue weighted by Gasteiger charge is -2.16. The van der Waals surface area contributed by atoms with Crippen molar-refractivity contribution in [2.75, 3.05) is 5.32 Å². The van der Waals surface area contributed by atoms with Gasteiger partial charge in [-0.25, -0.2) is 19.2 Å². The number of carbonyl (C=O) groups is 1. The highest BCUT2D eigenvalue weighted by Gasteiger charge is 2.22. The van der Waals surface area contributed by atoms with E-state index in [0.717, 1.165) is 15.8 Å². The number of nitrogens with one attached hydrogen (secondary N) is 1. The van der Waals surface area contributed by atoms with E-state index in [1.54, 1.807) is 31.3 Å². The number of nitrogens with zero attached hydrogens (tertiary/aromatic N) is 2. The average Bonchev–Trinajstić information content (AvgIpc) is 3.17. The maximum Gasteiger partial charge on any atom is 0.336 e. The predicted molar refractivity (Wildman–Crippen MR) is 113 cm³/mol. The Morgan fingerprint density at radius 1 is 1.28 bits per heavy atom. The summed E-state index contributed by atoms with van der Waals surface area (Å²) in [5, 5.41) is 16.1. The first kappa shape index (κ1) is 19.3. The third-order valence-corrected chi connectivity index (χ3v) is 5.87. The fraction of sp³-hybridized carbons (Fsp3) is 0.0952. The topological polar surface area (TPSA) is 75.1 Å². The van der Waals surface area contributed by atoms with E-state index < -0.39 is 5.97 Å². The molecule has 5 nitrogen and oxygen atoms in total. The molecule has 0 saturated carbocycles. The van der Waals surface area contributed by atoms with Gasteiger partial charge in [-0.15, -0.1) is 11.3 Å². The van der Waals surface area contributed by atoms with Crippen molar-refractivity contribution in [2.24, 2.45) is 0 Å². The van der Waals surface area contributed by atoms with Gasteiger partial charge < -0.3 is 10.4 Å². The number of anilines is 1. The van der Waals surface area contributed by atoms with E-state index in [0.29, 0.717) is 34.2 Å². The van der Waals surface area contributed by atoms with Crippen LogP contribution >= 0.6 is 22.9 Å². The van der Waals surface area contributed by atoms with Crippen LogP contribution in [0, 0.1) is 12.7 Å². The molecular formula is C21H15ClFN3O2S. The Balaban J connectivity index is 1.78. The van der Waals surface area contributed by atoms with Gasteiger partial charge in [-0.3, -0.25) is 0 Å². The van der Waals surface area contributed by atoms with Crippen molar-refractivity contribution >= 4 is 44.8 Å². The number of fused-ring (bicyclic) bond motifs is 1. The molecule has 0 bridgehead atoms. The highest BCUT2D eigenvalue weighted by molar-refractivity contribution is 7.16. The van der Waals surface area contributed by atoms with E-state index in [9.17, 15) is 14.3 Å². The lowest BCUT2D eigenvalue weighted by molar-refractivity contribution is 0.0697. The van der Waals surface area contributed by atoms with Gasteiger partial charge in [0.25, 0.3) is 0 Å². The molecule has 29 heavy (non-hydrogen) atoms. The number of carboxylic acids is 1. The Bertz CT molecular complexity index is 1220. The largest absolute Gasteiger partial charge is 0.478 e. The van der Waals surface area contributed by atoms with Gasteiger partial charge in [0.2, 0.25) is 0 Å². The number of aromatic nitrogens is 2. The van der Waals surface area contributed by atoms with E-state index in [1.165, 1.54) is 23.5 Å². The molecule has 2 aromatic carbocycles. The van der Waals surface area contributed by atoms with Crippen LogP contribution in [0.3, 0.4) is 0 Å². The van der Waals surface area contributed by atoms with Crippen molar-refractivity contribution in [3.8, 4) is 11.4 Å². The number of benzene rings is 2. The first-order valence-corrected chi connectivity index (χ1v) is 9.95. The first-order chi connectivity index (χ1) is 13.9. The fourth-order valence-electron chi connectivity index (χ4n) is 3.06. The number of aromatic carboxylic acids is 1. The molecule has 0 aliphatic heterocycles. The summed E-state index contributed by atoms with van der Waals surface area (Å²) < 4.78 is 13.1. The fourth-order valence-corrected chi connectivity index (χ4v) is 4.01. The lowest BCUT2D eigenvalue weighted by Crippen LogP contribution is -2.08. The first-order valence-electron chi connectivity index (χ1n) is 8.69. The molecule has 0 saturated heterocycles. The van der Waals surface area contributed by atoms with Crippen molar-refractivity contribution in [3.05, 3.63) is 75.5 Å². The SMILES string of the molecule is Cc1c(Cl)c(NCc2ccc(F)cc2)cc(-c2ncc3ccsc3n2)c1C(=O)O. The molecule has 0 aliphatic carbocycles. The van der Waals surface area contributed by atoms with Gasteiger partial charge in [0.1, 0.15) is 10.6 Å². The van der Waals surface area contributed by atoms with Gasteiger partial charge >= 0.3 is 5.97 Å². The summed E-state index contributed by atoms with van der Waals surface area (Å²) >= 11 is 7.91. The van der Waals surface area contributed by atoms with Crippen LogP contribution in [-0.2, 0) is 6.54 Å². The second kappa shape index (κ2) is 7.77. The molecule has 2 heterocycles. The lowest BCUT2D eigenvalue weighted by atomic mass is 9.99. The minimum Gasteiger partial charge on any atom is -0.478 e. The van der Waals surface area contributed by atoms with Crippen molar-refractivity contribution in [1.82, 2.24) is 9.97 Å². The average molecular weight is 428 g/mol. The Hall–Kier alpha value is -3.03. The molecule has 8 heteroatoms. The van der Waals surface area contributed by atoms with Crippen LogP contribution in [-0.4, -0.2) is 21.0 Å². The zero-order valence-corrected chi connectivity index (χ0v) is 16.8. The molecule has 2 N–H and O–H groups in total. The molecule has 146 valence electrons. The third kappa shape index (κ3) is 3.79. The zero-order valence-electron chi connectivity index (χ0n) is 15.2. The van der Waals surface area contributed by atoms with Gasteiger partial charge in [0.15, 0.2) is 5.82 Å². The van der Waals surface area contributed by atoms with Gasteiger partial charge in [-0.05, 0) is 47.7 Å². The highest BCUT2D eigenvalue weighted by Crippen LogP contribution is 2.36. The molecule has 0 unspecified atom stereocenters. The van der Waals surface area contributed by atoms with Crippen LogP contribution in [0.4, 0.5) is 10.1 Å². The van der Waals surface area contributed by atoms with Crippen molar-refractivity contribution < 1.29 is 14.3 Å². The van der Waals surface area contributed by atoms with Crippen LogP contribution in [0.5, 0.6) is 0 Å². The molecule has 4 aromatic rings. The zero-order chi connectivity index (χ0) is 20.5. The maximum absolute atomic E-state index is 13.1. The maximum atomic E-state index is 13.1. The van der Waals surface area contributed by atoms with Gasteiger partial charge in [0, 0.05) is 23.7 Å². The number of carboxylic acid groups (broad SMARTS) is 1. The second-order valence-electron chi connectivity index (χ2n) is 6.45. The predicted octanol–water partition coefficient (Wildman–Crippen LogP) is 5.77. The normalized spacial score (nSPS) is 11.0. The molecule has 0 atom stereocenters. The van der Waals surface area contributed by atoms with Gasteiger partial charge in [-0.1, -0.05) is 23.7 Å². The Labute approximate surface area is 174 Å². The summed E-state index contributed by atoms with van der Waals surface area (Å²) in [5.74, 6) is -1.09. The number of rotatable bonds is 5. The summed E-state index contributed by atoms with van der Waals surface area (Å²) in [5.41, 5.74) is 2.30. The molecule has 0 fully saturated rings. The summed E-state index contributed by atoms with van der Waals surface area (Å²) in [4.78, 5) is 21.6. The van der Waals surface area contributed by atoms with Crippen LogP contribution in [0.2, 0.25) is 5.02 Å². The Kier molecular flexibility index (Phi) is 5.17. The molecule has 0 amide bonds. The minimum absolute atomic E-state index is 0.0678. The Morgan fingerprint density at radius 3 is 2.76 bits per heavy atom. The van der Waals surface area contributed by atoms with Crippen molar-refractivity contribution in [1.29, 1.82) is 0 Å². The number of hydrogen-bond acceptors (Lipinski definition) is 5. The molecule has 4 rings (SSSR count). The number of thiophene rings is 1. The van der Waals surface area contributed by atoms with Crippen LogP contribution in [0.25, 0.3) is 21.6 Å². The van der Waals surface area contributed by atoms with E-state index in [2.05, 4.69) is 15.3 Å². The molecular weight excluding hydrogens is 413 g/mol. The van der Waals surface area contributed by atoms with Gasteiger partial charge in [-0.2, -0.15) is 0 Å². The van der Waals surface area contributed by atoms with Crippen LogP contribution in [0.1, 0.15) is 21.5 Å². The smallest absolute Gasteiger partial charge is 0.336 e. The summed E-state index contributed by atoms with van der Waals surface area (Å²) in [6, 6.07) is 9.66. The van der Waals surface area contributed by atoms with Crippen molar-refractivity contribution in [2.45, 2.75) is 13.5 Å². The summed E-state index contributed by atoms with van der Waals surface area (Å²) in [6.45, 7) is 2.05. The highest BCUT2D eigenvalue weighted by atomic mass is 35.5. The standard InChI is InChI=1S/C21H15ClFN3O2S/c1-11-17(21(27)28)15(19-25-10-13-6-7-29-20(13)26-19)8-16(18(11)22)24-9-12-2-4-14(23)5-3-12/h2-8,10,24H,9H2,1H3,(H,27,28). The monoisotopic (exact) mass is 427 g/mol. The molecule has 0 aliphatic rings. The summed E-state index contributed by atoms with van der Waals surface area (Å²) in [7, 11) is 0. The molecule has 0 spiro atoms. The molecule has 2 aromatic heterocycles. The van der Waals surface area contributed by atoms with E-state index >= 15 is 0 Å². The second-order valence-corrected chi connectivity index (χ2v) is 7.72.